The van der Waals surface area contributed by atoms with Gasteiger partial charge in [-0.1, -0.05) is 12.1 Å². The van der Waals surface area contributed by atoms with Crippen molar-refractivity contribution in [1.29, 1.82) is 0 Å². The lowest BCUT2D eigenvalue weighted by Crippen LogP contribution is -2.34. The molecule has 1 saturated heterocycles. The average Bonchev–Trinajstić information content (AvgIpc) is 2.77. The Labute approximate surface area is 98.0 Å². The van der Waals surface area contributed by atoms with Gasteiger partial charge in [0.15, 0.2) is 0 Å². The number of methoxy groups -OCH3 is 1. The van der Waals surface area contributed by atoms with Crippen LogP contribution in [0.2, 0.25) is 0 Å². The topological polar surface area (TPSA) is 58.6 Å². The van der Waals surface area contributed by atoms with E-state index in [0.717, 1.165) is 5.56 Å². The molecule has 2 atom stereocenters. The van der Waals surface area contributed by atoms with Gasteiger partial charge in [-0.2, -0.15) is 0 Å². The molecular weight excluding hydrogens is 226 g/mol. The van der Waals surface area contributed by atoms with Gasteiger partial charge in [0.2, 0.25) is 0 Å². The van der Waals surface area contributed by atoms with Crippen LogP contribution >= 0.6 is 11.8 Å². The van der Waals surface area contributed by atoms with Gasteiger partial charge in [0.25, 0.3) is 0 Å². The molecule has 0 saturated carbocycles. The highest BCUT2D eigenvalue weighted by atomic mass is 32.2. The third kappa shape index (κ3) is 2.31. The number of esters is 1. The number of hydrogen-bond donors (Lipinski definition) is 2. The lowest BCUT2D eigenvalue weighted by molar-refractivity contribution is -0.142. The summed E-state index contributed by atoms with van der Waals surface area (Å²) in [6, 6.07) is 6.77. The number of nitrogens with one attached hydrogen (secondary N) is 1. The second-order valence-corrected chi connectivity index (χ2v) is 4.69. The molecule has 86 valence electrons. The van der Waals surface area contributed by atoms with E-state index >= 15 is 0 Å². The molecule has 1 unspecified atom stereocenters. The first-order valence-electron chi connectivity index (χ1n) is 4.95. The van der Waals surface area contributed by atoms with Crippen molar-refractivity contribution in [3.8, 4) is 5.75 Å². The zero-order valence-electron chi connectivity index (χ0n) is 8.84. The molecule has 0 bridgehead atoms. The highest BCUT2D eigenvalue weighted by molar-refractivity contribution is 7.99. The molecule has 2 rings (SSSR count). The second-order valence-electron chi connectivity index (χ2n) is 3.55. The highest BCUT2D eigenvalue weighted by Gasteiger charge is 2.31. The van der Waals surface area contributed by atoms with Gasteiger partial charge in [-0.25, -0.2) is 0 Å². The van der Waals surface area contributed by atoms with E-state index in [9.17, 15) is 9.90 Å². The third-order valence-corrected chi connectivity index (χ3v) is 3.71. The largest absolute Gasteiger partial charge is 0.508 e. The number of carbonyl (C=O) groups excluding carboxylic acids is 1. The molecule has 16 heavy (non-hydrogen) atoms. The predicted molar refractivity (Wildman–Crippen MR) is 62.2 cm³/mol. The maximum atomic E-state index is 11.3. The number of hydrogen-bond acceptors (Lipinski definition) is 5. The van der Waals surface area contributed by atoms with Gasteiger partial charge < -0.3 is 9.84 Å². The number of aromatic hydroxyl groups is 1. The molecule has 0 spiro atoms. The zero-order chi connectivity index (χ0) is 11.5. The normalized spacial score (nSPS) is 24.3. The number of rotatable bonds is 2. The predicted octanol–water partition coefficient (Wildman–Crippen LogP) is 1.27. The van der Waals surface area contributed by atoms with E-state index in [-0.39, 0.29) is 23.1 Å². The van der Waals surface area contributed by atoms with Gasteiger partial charge in [0.1, 0.15) is 11.8 Å². The van der Waals surface area contributed by atoms with Crippen LogP contribution in [0.25, 0.3) is 0 Å². The van der Waals surface area contributed by atoms with E-state index in [4.69, 9.17) is 0 Å². The van der Waals surface area contributed by atoms with Crippen LogP contribution in [-0.2, 0) is 9.53 Å². The Hall–Kier alpha value is -1.20. The molecule has 1 aliphatic rings. The lowest BCUT2D eigenvalue weighted by atomic mass is 10.2. The maximum Gasteiger partial charge on any atom is 0.323 e. The molecule has 1 heterocycles. The van der Waals surface area contributed by atoms with Crippen LogP contribution in [0.3, 0.4) is 0 Å². The average molecular weight is 239 g/mol. The van der Waals surface area contributed by atoms with E-state index in [0.29, 0.717) is 5.75 Å². The molecule has 0 amide bonds. The van der Waals surface area contributed by atoms with Gasteiger partial charge in [0.05, 0.1) is 12.5 Å². The van der Waals surface area contributed by atoms with Crippen LogP contribution in [0.4, 0.5) is 0 Å². The molecular formula is C11H13NO3S. The zero-order valence-corrected chi connectivity index (χ0v) is 9.66. The molecule has 1 fully saturated rings. The Morgan fingerprint density at radius 1 is 1.62 bits per heavy atom. The maximum absolute atomic E-state index is 11.3. The summed E-state index contributed by atoms with van der Waals surface area (Å²) in [5.41, 5.74) is 0.969. The van der Waals surface area contributed by atoms with Crippen LogP contribution in [0, 0.1) is 0 Å². The third-order valence-electron chi connectivity index (χ3n) is 2.44. The summed E-state index contributed by atoms with van der Waals surface area (Å²) >= 11 is 1.63. The van der Waals surface area contributed by atoms with Gasteiger partial charge in [0, 0.05) is 5.75 Å². The summed E-state index contributed by atoms with van der Waals surface area (Å²) in [6.45, 7) is 0. The molecule has 2 N–H and O–H groups in total. The van der Waals surface area contributed by atoms with E-state index in [1.54, 1.807) is 30.0 Å². The summed E-state index contributed by atoms with van der Waals surface area (Å²) in [5.74, 6) is 0.684. The smallest absolute Gasteiger partial charge is 0.323 e. The van der Waals surface area contributed by atoms with E-state index < -0.39 is 0 Å². The van der Waals surface area contributed by atoms with Gasteiger partial charge in [-0.3, -0.25) is 10.1 Å². The molecule has 1 aromatic carbocycles. The Bertz CT molecular complexity index is 397. The summed E-state index contributed by atoms with van der Waals surface area (Å²) in [6.07, 6.45) is 0. The first-order valence-corrected chi connectivity index (χ1v) is 6.00. The molecule has 1 aromatic rings. The number of carbonyl (C=O) groups is 1. The minimum atomic E-state index is -0.262. The van der Waals surface area contributed by atoms with E-state index in [1.807, 2.05) is 6.07 Å². The quantitative estimate of drug-likeness (QED) is 0.761. The van der Waals surface area contributed by atoms with Crippen molar-refractivity contribution in [3.63, 3.8) is 0 Å². The summed E-state index contributed by atoms with van der Waals surface area (Å²) < 4.78 is 4.68. The van der Waals surface area contributed by atoms with Gasteiger partial charge >= 0.3 is 5.97 Å². The SMILES string of the molecule is COC(=O)[C@H]1CSC(c2cccc(O)c2)N1. The van der Waals surface area contributed by atoms with Crippen molar-refractivity contribution in [2.24, 2.45) is 0 Å². The fourth-order valence-electron chi connectivity index (χ4n) is 1.63. The fourth-order valence-corrected chi connectivity index (χ4v) is 2.85. The van der Waals surface area contributed by atoms with Crippen LogP contribution < -0.4 is 5.32 Å². The van der Waals surface area contributed by atoms with Crippen molar-refractivity contribution < 1.29 is 14.6 Å². The van der Waals surface area contributed by atoms with Crippen LogP contribution in [0.1, 0.15) is 10.9 Å². The van der Waals surface area contributed by atoms with Crippen molar-refractivity contribution in [1.82, 2.24) is 5.32 Å². The standard InChI is InChI=1S/C11H13NO3S/c1-15-11(14)9-6-16-10(12-9)7-3-2-4-8(13)5-7/h2-5,9-10,12-13H,6H2,1H3/t9-,10?/m1/s1. The summed E-state index contributed by atoms with van der Waals surface area (Å²) in [4.78, 5) is 11.3. The molecule has 4 nitrogen and oxygen atoms in total. The number of ether oxygens (including phenoxy) is 1. The van der Waals surface area contributed by atoms with E-state index in [2.05, 4.69) is 10.1 Å². The Balaban J connectivity index is 2.06. The molecule has 5 heteroatoms. The van der Waals surface area contributed by atoms with Crippen LogP contribution in [-0.4, -0.2) is 30.0 Å². The fraction of sp³-hybridized carbons (Fsp3) is 0.364. The van der Waals surface area contributed by atoms with E-state index in [1.165, 1.54) is 7.11 Å². The van der Waals surface area contributed by atoms with Crippen molar-refractivity contribution >= 4 is 17.7 Å². The summed E-state index contributed by atoms with van der Waals surface area (Å²) in [5, 5.41) is 12.6. The van der Waals surface area contributed by atoms with Gasteiger partial charge in [-0.15, -0.1) is 11.8 Å². The van der Waals surface area contributed by atoms with Crippen molar-refractivity contribution in [2.45, 2.75) is 11.4 Å². The lowest BCUT2D eigenvalue weighted by Gasteiger charge is -2.12. The molecule has 1 aliphatic heterocycles. The first-order chi connectivity index (χ1) is 7.70. The van der Waals surface area contributed by atoms with Gasteiger partial charge in [-0.05, 0) is 17.7 Å². The number of benzene rings is 1. The Morgan fingerprint density at radius 3 is 3.12 bits per heavy atom. The number of phenols is 1. The van der Waals surface area contributed by atoms with Crippen LogP contribution in [0.15, 0.2) is 24.3 Å². The Kier molecular flexibility index (Phi) is 3.36. The first kappa shape index (κ1) is 11.3. The number of thioether (sulfide) groups is 1. The minimum Gasteiger partial charge on any atom is -0.508 e. The molecule has 0 radical (unpaired) electrons. The minimum absolute atomic E-state index is 0.0381. The monoisotopic (exact) mass is 239 g/mol. The van der Waals surface area contributed by atoms with Crippen molar-refractivity contribution in [3.05, 3.63) is 29.8 Å². The Morgan fingerprint density at radius 2 is 2.44 bits per heavy atom. The highest BCUT2D eigenvalue weighted by Crippen LogP contribution is 2.34. The molecule has 0 aromatic heterocycles. The summed E-state index contributed by atoms with van der Waals surface area (Å²) in [7, 11) is 1.39. The second kappa shape index (κ2) is 4.76. The molecule has 0 aliphatic carbocycles. The number of phenolic OH excluding ortho intramolecular Hbond substituents is 1. The van der Waals surface area contributed by atoms with Crippen molar-refractivity contribution in [2.75, 3.05) is 12.9 Å². The van der Waals surface area contributed by atoms with Crippen LogP contribution in [0.5, 0.6) is 5.75 Å².